The second kappa shape index (κ2) is 8.74. The molecule has 0 aliphatic heterocycles. The highest BCUT2D eigenvalue weighted by Gasteiger charge is 2.34. The first-order valence-electron chi connectivity index (χ1n) is 9.51. The third-order valence-electron chi connectivity index (χ3n) is 6.39. The van der Waals surface area contributed by atoms with Gasteiger partial charge in [-0.05, 0) is 62.2 Å². The SMILES string of the molecule is C=CC(C(=O)O)C1CCC([C@H]2CC[C@H](CCCC)CC2)CC1. The Hall–Kier alpha value is -0.790. The van der Waals surface area contributed by atoms with E-state index in [1.165, 1.54) is 57.8 Å². The van der Waals surface area contributed by atoms with Crippen LogP contribution < -0.4 is 0 Å². The third kappa shape index (κ3) is 4.60. The van der Waals surface area contributed by atoms with Gasteiger partial charge in [0, 0.05) is 0 Å². The molecule has 0 aromatic rings. The number of hydrogen-bond donors (Lipinski definition) is 1. The molecule has 0 spiro atoms. The van der Waals surface area contributed by atoms with Gasteiger partial charge >= 0.3 is 5.97 Å². The van der Waals surface area contributed by atoms with E-state index in [2.05, 4.69) is 13.5 Å². The number of hydrogen-bond acceptors (Lipinski definition) is 1. The van der Waals surface area contributed by atoms with Crippen LogP contribution in [0.4, 0.5) is 0 Å². The fourth-order valence-corrected chi connectivity index (χ4v) is 4.91. The van der Waals surface area contributed by atoms with Crippen LogP contribution in [0.15, 0.2) is 12.7 Å². The number of aliphatic carboxylic acids is 1. The Morgan fingerprint density at radius 3 is 2.09 bits per heavy atom. The summed E-state index contributed by atoms with van der Waals surface area (Å²) in [5.74, 6) is 2.09. The zero-order chi connectivity index (χ0) is 15.9. The van der Waals surface area contributed by atoms with Crippen LogP contribution in [0, 0.1) is 29.6 Å². The Morgan fingerprint density at radius 2 is 1.64 bits per heavy atom. The van der Waals surface area contributed by atoms with Crippen LogP contribution in [-0.4, -0.2) is 11.1 Å². The van der Waals surface area contributed by atoms with E-state index in [1.54, 1.807) is 6.08 Å². The quantitative estimate of drug-likeness (QED) is 0.615. The summed E-state index contributed by atoms with van der Waals surface area (Å²) >= 11 is 0. The molecule has 22 heavy (non-hydrogen) atoms. The molecular formula is C20H34O2. The molecule has 1 atom stereocenters. The summed E-state index contributed by atoms with van der Waals surface area (Å²) in [6.45, 7) is 6.01. The molecule has 0 amide bonds. The summed E-state index contributed by atoms with van der Waals surface area (Å²) in [5, 5.41) is 9.27. The van der Waals surface area contributed by atoms with Gasteiger partial charge in [-0.15, -0.1) is 6.58 Å². The molecule has 0 heterocycles. The van der Waals surface area contributed by atoms with Crippen LogP contribution in [-0.2, 0) is 4.79 Å². The van der Waals surface area contributed by atoms with Crippen LogP contribution in [0.1, 0.15) is 77.6 Å². The minimum atomic E-state index is -0.685. The fraction of sp³-hybridized carbons (Fsp3) is 0.850. The molecule has 2 nitrogen and oxygen atoms in total. The Balaban J connectivity index is 1.73. The van der Waals surface area contributed by atoms with Crippen molar-refractivity contribution in [1.29, 1.82) is 0 Å². The number of carboxylic acid groups (broad SMARTS) is 1. The van der Waals surface area contributed by atoms with Crippen molar-refractivity contribution in [3.8, 4) is 0 Å². The second-order valence-corrected chi connectivity index (χ2v) is 7.70. The van der Waals surface area contributed by atoms with Gasteiger partial charge in [-0.3, -0.25) is 4.79 Å². The number of carboxylic acids is 1. The standard InChI is InChI=1S/C20H34O2/c1-3-5-6-15-7-9-16(10-8-15)17-11-13-18(14-12-17)19(4-2)20(21)22/h4,15-19H,2-3,5-14H2,1H3,(H,21,22)/t15-,16-,17?,18?,19?. The molecule has 2 heteroatoms. The van der Waals surface area contributed by atoms with Crippen LogP contribution in [0.3, 0.4) is 0 Å². The van der Waals surface area contributed by atoms with E-state index in [4.69, 9.17) is 0 Å². The van der Waals surface area contributed by atoms with Crippen LogP contribution in [0.2, 0.25) is 0 Å². The van der Waals surface area contributed by atoms with E-state index in [1.807, 2.05) is 0 Å². The van der Waals surface area contributed by atoms with Crippen molar-refractivity contribution in [2.45, 2.75) is 77.6 Å². The maximum atomic E-state index is 11.3. The molecule has 2 aliphatic carbocycles. The highest BCUT2D eigenvalue weighted by molar-refractivity contribution is 5.72. The van der Waals surface area contributed by atoms with Gasteiger partial charge in [0.2, 0.25) is 0 Å². The first kappa shape index (κ1) is 17.6. The minimum absolute atomic E-state index is 0.326. The Labute approximate surface area is 136 Å². The van der Waals surface area contributed by atoms with Crippen molar-refractivity contribution in [1.82, 2.24) is 0 Å². The average molecular weight is 306 g/mol. The monoisotopic (exact) mass is 306 g/mol. The van der Waals surface area contributed by atoms with Gasteiger partial charge in [0.05, 0.1) is 5.92 Å². The molecule has 0 bridgehead atoms. The van der Waals surface area contributed by atoms with Gasteiger partial charge in [-0.25, -0.2) is 0 Å². The zero-order valence-electron chi connectivity index (χ0n) is 14.3. The maximum absolute atomic E-state index is 11.3. The summed E-state index contributed by atoms with van der Waals surface area (Å²) in [4.78, 5) is 11.3. The van der Waals surface area contributed by atoms with E-state index >= 15 is 0 Å². The molecule has 0 saturated heterocycles. The smallest absolute Gasteiger partial charge is 0.310 e. The normalized spacial score (nSPS) is 34.0. The van der Waals surface area contributed by atoms with Gasteiger partial charge in [-0.2, -0.15) is 0 Å². The molecule has 126 valence electrons. The molecule has 2 fully saturated rings. The molecule has 0 aromatic heterocycles. The first-order chi connectivity index (χ1) is 10.7. The van der Waals surface area contributed by atoms with Crippen molar-refractivity contribution in [3.05, 3.63) is 12.7 Å². The van der Waals surface area contributed by atoms with E-state index < -0.39 is 5.97 Å². The molecule has 0 radical (unpaired) electrons. The second-order valence-electron chi connectivity index (χ2n) is 7.70. The van der Waals surface area contributed by atoms with Gasteiger partial charge in [0.15, 0.2) is 0 Å². The van der Waals surface area contributed by atoms with Gasteiger partial charge in [-0.1, -0.05) is 45.1 Å². The predicted octanol–water partition coefficient (Wildman–Crippen LogP) is 5.68. The summed E-state index contributed by atoms with van der Waals surface area (Å²) in [7, 11) is 0. The Kier molecular flexibility index (Phi) is 6.98. The fourth-order valence-electron chi connectivity index (χ4n) is 4.91. The van der Waals surface area contributed by atoms with Crippen LogP contribution >= 0.6 is 0 Å². The Morgan fingerprint density at radius 1 is 1.09 bits per heavy atom. The summed E-state index contributed by atoms with van der Waals surface area (Å²) < 4.78 is 0. The van der Waals surface area contributed by atoms with Gasteiger partial charge < -0.3 is 5.11 Å². The minimum Gasteiger partial charge on any atom is -0.481 e. The number of carbonyl (C=O) groups is 1. The van der Waals surface area contributed by atoms with Crippen molar-refractivity contribution in [2.24, 2.45) is 29.6 Å². The van der Waals surface area contributed by atoms with Crippen LogP contribution in [0.5, 0.6) is 0 Å². The lowest BCUT2D eigenvalue weighted by molar-refractivity contribution is -0.142. The zero-order valence-corrected chi connectivity index (χ0v) is 14.3. The topological polar surface area (TPSA) is 37.3 Å². The summed E-state index contributed by atoms with van der Waals surface area (Å²) in [6.07, 6.45) is 16.2. The number of unbranched alkanes of at least 4 members (excludes halogenated alkanes) is 1. The molecule has 1 unspecified atom stereocenters. The van der Waals surface area contributed by atoms with Crippen molar-refractivity contribution in [2.75, 3.05) is 0 Å². The summed E-state index contributed by atoms with van der Waals surface area (Å²) in [5.41, 5.74) is 0. The van der Waals surface area contributed by atoms with Gasteiger partial charge in [0.1, 0.15) is 0 Å². The van der Waals surface area contributed by atoms with Crippen molar-refractivity contribution < 1.29 is 9.90 Å². The first-order valence-corrected chi connectivity index (χ1v) is 9.51. The van der Waals surface area contributed by atoms with Crippen LogP contribution in [0.25, 0.3) is 0 Å². The van der Waals surface area contributed by atoms with Gasteiger partial charge in [0.25, 0.3) is 0 Å². The molecule has 2 saturated carbocycles. The van der Waals surface area contributed by atoms with E-state index in [0.29, 0.717) is 5.92 Å². The third-order valence-corrected chi connectivity index (χ3v) is 6.39. The molecule has 2 rings (SSSR count). The lowest BCUT2D eigenvalue weighted by Gasteiger charge is -2.38. The lowest BCUT2D eigenvalue weighted by Crippen LogP contribution is -2.30. The molecule has 1 N–H and O–H groups in total. The Bertz CT molecular complexity index is 347. The molecule has 0 aromatic carbocycles. The average Bonchev–Trinajstić information content (AvgIpc) is 2.54. The maximum Gasteiger partial charge on any atom is 0.310 e. The highest BCUT2D eigenvalue weighted by atomic mass is 16.4. The largest absolute Gasteiger partial charge is 0.481 e. The molecule has 2 aliphatic rings. The van der Waals surface area contributed by atoms with E-state index in [-0.39, 0.29) is 5.92 Å². The highest BCUT2D eigenvalue weighted by Crippen LogP contribution is 2.43. The van der Waals surface area contributed by atoms with E-state index in [0.717, 1.165) is 30.6 Å². The predicted molar refractivity (Wildman–Crippen MR) is 91.7 cm³/mol. The number of rotatable bonds is 7. The molecular weight excluding hydrogens is 272 g/mol. The lowest BCUT2D eigenvalue weighted by atomic mass is 9.67. The van der Waals surface area contributed by atoms with E-state index in [9.17, 15) is 9.90 Å². The summed E-state index contributed by atoms with van der Waals surface area (Å²) in [6, 6.07) is 0. The van der Waals surface area contributed by atoms with Crippen molar-refractivity contribution in [3.63, 3.8) is 0 Å². The van der Waals surface area contributed by atoms with Crippen molar-refractivity contribution >= 4 is 5.97 Å².